The first kappa shape index (κ1) is 23.3. The zero-order valence-corrected chi connectivity index (χ0v) is 18.5. The molecule has 32 heavy (non-hydrogen) atoms. The Morgan fingerprint density at radius 1 is 1.16 bits per heavy atom. The van der Waals surface area contributed by atoms with Crippen LogP contribution in [0.1, 0.15) is 43.4 Å². The molecular formula is C25H29N3O4. The average Bonchev–Trinajstić information content (AvgIpc) is 2.82. The van der Waals surface area contributed by atoms with E-state index >= 15 is 0 Å². The lowest BCUT2D eigenvalue weighted by Gasteiger charge is -2.30. The molecule has 3 rings (SSSR count). The predicted molar refractivity (Wildman–Crippen MR) is 119 cm³/mol. The maximum absolute atomic E-state index is 12.9. The van der Waals surface area contributed by atoms with Gasteiger partial charge in [0.15, 0.2) is 6.10 Å². The summed E-state index contributed by atoms with van der Waals surface area (Å²) in [5, 5.41) is 12.2. The zero-order valence-electron chi connectivity index (χ0n) is 18.5. The SMILES string of the molecule is CCCC(OC(=O)N1CCc2ccccc2C1)C(=O)NC(C)(C#N)OCc1ccccc1. The van der Waals surface area contributed by atoms with Gasteiger partial charge in [0.05, 0.1) is 6.61 Å². The molecule has 2 aromatic carbocycles. The van der Waals surface area contributed by atoms with E-state index in [9.17, 15) is 14.9 Å². The first-order valence-corrected chi connectivity index (χ1v) is 10.9. The summed E-state index contributed by atoms with van der Waals surface area (Å²) in [6.45, 7) is 4.54. The Labute approximate surface area is 188 Å². The Hall–Kier alpha value is -3.37. The number of hydrogen-bond acceptors (Lipinski definition) is 5. The molecule has 7 heteroatoms. The van der Waals surface area contributed by atoms with Crippen molar-refractivity contribution in [3.05, 3.63) is 71.3 Å². The molecule has 0 aromatic heterocycles. The standard InChI is InChI=1S/C25H29N3O4/c1-3-9-22(32-24(30)28-15-14-20-12-7-8-13-21(20)16-28)23(29)27-25(2,18-26)31-17-19-10-5-4-6-11-19/h4-8,10-13,22H,3,9,14-17H2,1-2H3,(H,27,29). The van der Waals surface area contributed by atoms with Gasteiger partial charge in [-0.15, -0.1) is 0 Å². The largest absolute Gasteiger partial charge is 0.436 e. The van der Waals surface area contributed by atoms with Crippen molar-refractivity contribution < 1.29 is 19.1 Å². The lowest BCUT2D eigenvalue weighted by Crippen LogP contribution is -2.52. The number of nitrogens with zero attached hydrogens (tertiary/aromatic N) is 2. The molecule has 2 aromatic rings. The quantitative estimate of drug-likeness (QED) is 0.635. The average molecular weight is 436 g/mol. The molecule has 0 bridgehead atoms. The van der Waals surface area contributed by atoms with Crippen molar-refractivity contribution in [1.82, 2.24) is 10.2 Å². The summed E-state index contributed by atoms with van der Waals surface area (Å²) in [6.07, 6.45) is 0.204. The van der Waals surface area contributed by atoms with E-state index in [0.717, 1.165) is 17.5 Å². The minimum absolute atomic E-state index is 0.163. The molecule has 0 saturated heterocycles. The van der Waals surface area contributed by atoms with Gasteiger partial charge in [0.25, 0.3) is 5.91 Å². The van der Waals surface area contributed by atoms with Crippen molar-refractivity contribution in [2.75, 3.05) is 6.54 Å². The summed E-state index contributed by atoms with van der Waals surface area (Å²) in [5.74, 6) is -0.547. The third-order valence-electron chi connectivity index (χ3n) is 5.42. The van der Waals surface area contributed by atoms with Crippen molar-refractivity contribution in [3.8, 4) is 6.07 Å². The Kier molecular flexibility index (Phi) is 7.85. The van der Waals surface area contributed by atoms with E-state index in [2.05, 4.69) is 11.4 Å². The Morgan fingerprint density at radius 2 is 1.84 bits per heavy atom. The number of hydrogen-bond donors (Lipinski definition) is 1. The molecule has 0 spiro atoms. The summed E-state index contributed by atoms with van der Waals surface area (Å²) >= 11 is 0. The van der Waals surface area contributed by atoms with Gasteiger partial charge in [-0.05, 0) is 36.5 Å². The molecule has 0 aliphatic carbocycles. The molecule has 2 atom stereocenters. The minimum atomic E-state index is -1.55. The summed E-state index contributed by atoms with van der Waals surface area (Å²) < 4.78 is 11.3. The summed E-state index contributed by atoms with van der Waals surface area (Å²) in [4.78, 5) is 27.3. The predicted octanol–water partition coefficient (Wildman–Crippen LogP) is 3.92. The van der Waals surface area contributed by atoms with Crippen molar-refractivity contribution in [1.29, 1.82) is 5.26 Å². The van der Waals surface area contributed by atoms with Gasteiger partial charge in [0, 0.05) is 13.1 Å². The topological polar surface area (TPSA) is 91.7 Å². The maximum Gasteiger partial charge on any atom is 0.410 e. The Balaban J connectivity index is 1.60. The monoisotopic (exact) mass is 435 g/mol. The molecule has 0 fully saturated rings. The van der Waals surface area contributed by atoms with Crippen LogP contribution in [0.4, 0.5) is 4.79 Å². The van der Waals surface area contributed by atoms with Crippen molar-refractivity contribution in [2.24, 2.45) is 0 Å². The van der Waals surface area contributed by atoms with Crippen LogP contribution in [0.3, 0.4) is 0 Å². The normalized spacial score (nSPS) is 15.6. The number of amides is 2. The molecule has 168 valence electrons. The summed E-state index contributed by atoms with van der Waals surface area (Å²) in [5.41, 5.74) is 1.64. The number of carbonyl (C=O) groups is 2. The van der Waals surface area contributed by atoms with E-state index in [1.165, 1.54) is 12.5 Å². The smallest absolute Gasteiger partial charge is 0.410 e. The zero-order chi connectivity index (χ0) is 23.0. The van der Waals surface area contributed by atoms with Crippen LogP contribution >= 0.6 is 0 Å². The second-order valence-electron chi connectivity index (χ2n) is 8.01. The highest BCUT2D eigenvalue weighted by molar-refractivity contribution is 5.84. The van der Waals surface area contributed by atoms with Gasteiger partial charge >= 0.3 is 6.09 Å². The lowest BCUT2D eigenvalue weighted by molar-refractivity contribution is -0.138. The fourth-order valence-electron chi connectivity index (χ4n) is 3.57. The Morgan fingerprint density at radius 3 is 2.53 bits per heavy atom. The van der Waals surface area contributed by atoms with E-state index in [-0.39, 0.29) is 6.61 Å². The second-order valence-corrected chi connectivity index (χ2v) is 8.01. The van der Waals surface area contributed by atoms with E-state index < -0.39 is 23.8 Å². The molecule has 0 radical (unpaired) electrons. The molecule has 1 aliphatic heterocycles. The van der Waals surface area contributed by atoms with Crippen molar-refractivity contribution in [2.45, 2.75) is 58.1 Å². The van der Waals surface area contributed by atoms with Crippen LogP contribution in [0, 0.1) is 11.3 Å². The minimum Gasteiger partial charge on any atom is -0.436 e. The van der Waals surface area contributed by atoms with Crippen molar-refractivity contribution >= 4 is 12.0 Å². The number of nitriles is 1. The molecule has 7 nitrogen and oxygen atoms in total. The number of benzene rings is 2. The van der Waals surface area contributed by atoms with Gasteiger partial charge < -0.3 is 19.7 Å². The van der Waals surface area contributed by atoms with Gasteiger partial charge in [-0.3, -0.25) is 4.79 Å². The summed E-state index contributed by atoms with van der Waals surface area (Å²) in [7, 11) is 0. The molecule has 1 heterocycles. The van der Waals surface area contributed by atoms with Crippen molar-refractivity contribution in [3.63, 3.8) is 0 Å². The van der Waals surface area contributed by atoms with Crippen LogP contribution in [0.2, 0.25) is 0 Å². The highest BCUT2D eigenvalue weighted by Crippen LogP contribution is 2.20. The second kappa shape index (κ2) is 10.8. The van der Waals surface area contributed by atoms with Gasteiger partial charge in [-0.1, -0.05) is 67.9 Å². The van der Waals surface area contributed by atoms with E-state index in [1.807, 2.05) is 61.5 Å². The highest BCUT2D eigenvalue weighted by atomic mass is 16.6. The molecule has 2 amide bonds. The van der Waals surface area contributed by atoms with E-state index in [4.69, 9.17) is 9.47 Å². The van der Waals surface area contributed by atoms with Crippen LogP contribution in [0.15, 0.2) is 54.6 Å². The lowest BCUT2D eigenvalue weighted by atomic mass is 10.0. The number of carbonyl (C=O) groups excluding carboxylic acids is 2. The Bertz CT molecular complexity index is 973. The first-order valence-electron chi connectivity index (χ1n) is 10.9. The number of rotatable bonds is 8. The molecule has 1 N–H and O–H groups in total. The fraction of sp³-hybridized carbons (Fsp3) is 0.400. The molecular weight excluding hydrogens is 406 g/mol. The van der Waals surface area contributed by atoms with Gasteiger partial charge in [-0.2, -0.15) is 5.26 Å². The van der Waals surface area contributed by atoms with Crippen LogP contribution in [0.5, 0.6) is 0 Å². The fourth-order valence-corrected chi connectivity index (χ4v) is 3.57. The molecule has 0 saturated carbocycles. The van der Waals surface area contributed by atoms with Crippen LogP contribution in [-0.4, -0.2) is 35.3 Å². The van der Waals surface area contributed by atoms with Crippen LogP contribution in [-0.2, 0) is 33.8 Å². The molecule has 1 aliphatic rings. The summed E-state index contributed by atoms with van der Waals surface area (Å²) in [6, 6.07) is 19.4. The molecule has 2 unspecified atom stereocenters. The van der Waals surface area contributed by atoms with Crippen LogP contribution < -0.4 is 5.32 Å². The number of nitrogens with one attached hydrogen (secondary N) is 1. The number of fused-ring (bicyclic) bond motifs is 1. The third-order valence-corrected chi connectivity index (χ3v) is 5.42. The van der Waals surface area contributed by atoms with Gasteiger partial charge in [0.2, 0.25) is 5.72 Å². The van der Waals surface area contributed by atoms with E-state index in [1.54, 1.807) is 4.90 Å². The maximum atomic E-state index is 12.9. The van der Waals surface area contributed by atoms with E-state index in [0.29, 0.717) is 25.9 Å². The highest BCUT2D eigenvalue weighted by Gasteiger charge is 2.33. The number of ether oxygens (including phenoxy) is 2. The van der Waals surface area contributed by atoms with Gasteiger partial charge in [0.1, 0.15) is 6.07 Å². The van der Waals surface area contributed by atoms with Crippen LogP contribution in [0.25, 0.3) is 0 Å². The van der Waals surface area contributed by atoms with Gasteiger partial charge in [-0.25, -0.2) is 4.79 Å². The third kappa shape index (κ3) is 6.08. The first-order chi connectivity index (χ1) is 15.4.